The van der Waals surface area contributed by atoms with Crippen LogP contribution in [0.5, 0.6) is 5.75 Å². The highest BCUT2D eigenvalue weighted by molar-refractivity contribution is 9.10. The summed E-state index contributed by atoms with van der Waals surface area (Å²) in [5.41, 5.74) is 3.21. The van der Waals surface area contributed by atoms with Gasteiger partial charge >= 0.3 is 0 Å². The van der Waals surface area contributed by atoms with E-state index in [4.69, 9.17) is 4.74 Å². The molecule has 6 heteroatoms. The lowest BCUT2D eigenvalue weighted by Crippen LogP contribution is -2.43. The summed E-state index contributed by atoms with van der Waals surface area (Å²) in [6.07, 6.45) is 1.50. The van der Waals surface area contributed by atoms with Crippen molar-refractivity contribution in [1.29, 1.82) is 0 Å². The predicted molar refractivity (Wildman–Crippen MR) is 137 cm³/mol. The normalized spacial score (nSPS) is 11.4. The number of hydrogen-bond donors (Lipinski definition) is 2. The van der Waals surface area contributed by atoms with Crippen LogP contribution in [0.15, 0.2) is 119 Å². The van der Waals surface area contributed by atoms with Crippen molar-refractivity contribution < 1.29 is 14.6 Å². The fourth-order valence-corrected chi connectivity index (χ4v) is 3.89. The Balaban J connectivity index is 1.55. The molecule has 0 saturated heterocycles. The minimum Gasteiger partial charge on any atom is -0.488 e. The molecule has 0 aliphatic heterocycles. The third kappa shape index (κ3) is 5.42. The fourth-order valence-electron chi connectivity index (χ4n) is 3.52. The number of carbonyl (C=O) groups excluding carboxylic acids is 1. The monoisotopic (exact) mass is 514 g/mol. The molecule has 0 fully saturated rings. The number of benzene rings is 4. The number of halogens is 1. The van der Waals surface area contributed by atoms with Gasteiger partial charge in [-0.05, 0) is 34.9 Å². The quantitative estimate of drug-likeness (QED) is 0.244. The summed E-state index contributed by atoms with van der Waals surface area (Å²) in [5.74, 6) is -0.0469. The molecular weight excluding hydrogens is 492 g/mol. The second kappa shape index (κ2) is 10.9. The van der Waals surface area contributed by atoms with Crippen LogP contribution in [-0.2, 0) is 17.0 Å². The number of hydrazone groups is 1. The Kier molecular flexibility index (Phi) is 7.52. The molecule has 0 aliphatic rings. The van der Waals surface area contributed by atoms with E-state index in [0.29, 0.717) is 29.0 Å². The van der Waals surface area contributed by atoms with Crippen LogP contribution in [0.1, 0.15) is 22.3 Å². The van der Waals surface area contributed by atoms with E-state index < -0.39 is 11.5 Å². The average molecular weight is 515 g/mol. The maximum absolute atomic E-state index is 13.2. The van der Waals surface area contributed by atoms with Gasteiger partial charge in [0.1, 0.15) is 12.4 Å². The van der Waals surface area contributed by atoms with E-state index in [-0.39, 0.29) is 0 Å². The van der Waals surface area contributed by atoms with Crippen molar-refractivity contribution in [2.75, 3.05) is 0 Å². The zero-order chi connectivity index (χ0) is 23.8. The number of nitrogens with one attached hydrogen (secondary N) is 1. The Hall–Kier alpha value is -3.74. The molecule has 34 heavy (non-hydrogen) atoms. The molecule has 2 N–H and O–H groups in total. The molecule has 5 nitrogen and oxygen atoms in total. The summed E-state index contributed by atoms with van der Waals surface area (Å²) < 4.78 is 6.81. The highest BCUT2D eigenvalue weighted by atomic mass is 79.9. The molecule has 0 aliphatic carbocycles. The Morgan fingerprint density at radius 3 is 2.03 bits per heavy atom. The Morgan fingerprint density at radius 1 is 0.882 bits per heavy atom. The van der Waals surface area contributed by atoms with Gasteiger partial charge in [-0.1, -0.05) is 107 Å². The summed E-state index contributed by atoms with van der Waals surface area (Å²) in [7, 11) is 0. The molecule has 0 heterocycles. The second-order valence-electron chi connectivity index (χ2n) is 7.60. The van der Waals surface area contributed by atoms with Crippen LogP contribution in [0.25, 0.3) is 0 Å². The van der Waals surface area contributed by atoms with E-state index in [9.17, 15) is 9.90 Å². The summed E-state index contributed by atoms with van der Waals surface area (Å²) in [4.78, 5) is 13.2. The maximum atomic E-state index is 13.2. The molecule has 4 aromatic rings. The van der Waals surface area contributed by atoms with Crippen LogP contribution >= 0.6 is 15.9 Å². The van der Waals surface area contributed by atoms with Crippen molar-refractivity contribution >= 4 is 28.1 Å². The largest absolute Gasteiger partial charge is 0.488 e. The van der Waals surface area contributed by atoms with Gasteiger partial charge in [0.15, 0.2) is 5.60 Å². The number of ether oxygens (including phenoxy) is 1. The first kappa shape index (κ1) is 23.4. The summed E-state index contributed by atoms with van der Waals surface area (Å²) in [6.45, 7) is 0.400. The van der Waals surface area contributed by atoms with Crippen LogP contribution in [0.3, 0.4) is 0 Å². The number of aliphatic hydroxyl groups is 1. The van der Waals surface area contributed by atoms with Crippen molar-refractivity contribution in [3.63, 3.8) is 0 Å². The second-order valence-corrected chi connectivity index (χ2v) is 8.51. The van der Waals surface area contributed by atoms with E-state index in [2.05, 4.69) is 26.5 Å². The molecule has 0 saturated carbocycles. The van der Waals surface area contributed by atoms with Gasteiger partial charge in [-0.25, -0.2) is 5.43 Å². The SMILES string of the molecule is O=C(N/N=C/c1cc(Br)ccc1OCc1ccccc1)C(O)(c1ccccc1)c1ccccc1. The molecule has 170 valence electrons. The van der Waals surface area contributed by atoms with Gasteiger partial charge in [0, 0.05) is 10.0 Å². The molecule has 0 radical (unpaired) electrons. The van der Waals surface area contributed by atoms with Crippen molar-refractivity contribution in [3.05, 3.63) is 136 Å². The minimum absolute atomic E-state index is 0.400. The van der Waals surface area contributed by atoms with E-state index in [0.717, 1.165) is 10.0 Å². The standard InChI is InChI=1S/C28H23BrN2O3/c29-25-16-17-26(34-20-21-10-4-1-5-11-21)22(18-25)19-30-31-27(32)28(33,23-12-6-2-7-13-23)24-14-8-3-9-15-24/h1-19,33H,20H2,(H,31,32)/b30-19+. The molecule has 4 rings (SSSR count). The molecule has 0 atom stereocenters. The zero-order valence-electron chi connectivity index (χ0n) is 18.3. The van der Waals surface area contributed by atoms with Crippen LogP contribution in [-0.4, -0.2) is 17.2 Å². The fraction of sp³-hybridized carbons (Fsp3) is 0.0714. The van der Waals surface area contributed by atoms with Gasteiger partial charge in [-0.2, -0.15) is 5.10 Å². The molecule has 1 amide bonds. The number of nitrogens with zero attached hydrogens (tertiary/aromatic N) is 1. The first-order valence-electron chi connectivity index (χ1n) is 10.7. The molecule has 0 spiro atoms. The first-order chi connectivity index (χ1) is 16.6. The van der Waals surface area contributed by atoms with E-state index in [1.165, 1.54) is 6.21 Å². The van der Waals surface area contributed by atoms with Gasteiger partial charge < -0.3 is 9.84 Å². The molecule has 0 unspecified atom stereocenters. The molecule has 0 bridgehead atoms. The van der Waals surface area contributed by atoms with E-state index >= 15 is 0 Å². The van der Waals surface area contributed by atoms with Gasteiger partial charge in [0.25, 0.3) is 5.91 Å². The lowest BCUT2D eigenvalue weighted by atomic mass is 9.85. The van der Waals surface area contributed by atoms with Crippen molar-refractivity contribution in [2.45, 2.75) is 12.2 Å². The van der Waals surface area contributed by atoms with Gasteiger partial charge in [-0.15, -0.1) is 0 Å². The highest BCUT2D eigenvalue weighted by Crippen LogP contribution is 2.30. The lowest BCUT2D eigenvalue weighted by molar-refractivity contribution is -0.136. The summed E-state index contributed by atoms with van der Waals surface area (Å²) in [5, 5.41) is 15.6. The molecular formula is C28H23BrN2O3. The highest BCUT2D eigenvalue weighted by Gasteiger charge is 2.39. The Labute approximate surface area is 206 Å². The zero-order valence-corrected chi connectivity index (χ0v) is 19.9. The van der Waals surface area contributed by atoms with Gasteiger partial charge in [-0.3, -0.25) is 4.79 Å². The predicted octanol–water partition coefficient (Wildman–Crippen LogP) is 5.41. The van der Waals surface area contributed by atoms with E-state index in [1.54, 1.807) is 48.5 Å². The maximum Gasteiger partial charge on any atom is 0.281 e. The smallest absolute Gasteiger partial charge is 0.281 e. The van der Waals surface area contributed by atoms with Crippen LogP contribution < -0.4 is 10.2 Å². The summed E-state index contributed by atoms with van der Waals surface area (Å²) >= 11 is 3.46. The number of rotatable bonds is 8. The van der Waals surface area contributed by atoms with Crippen molar-refractivity contribution in [2.24, 2.45) is 5.10 Å². The van der Waals surface area contributed by atoms with Crippen molar-refractivity contribution in [3.8, 4) is 5.75 Å². The van der Waals surface area contributed by atoms with Gasteiger partial charge in [0.2, 0.25) is 0 Å². The van der Waals surface area contributed by atoms with Crippen molar-refractivity contribution in [1.82, 2.24) is 5.43 Å². The number of hydrogen-bond acceptors (Lipinski definition) is 4. The lowest BCUT2D eigenvalue weighted by Gasteiger charge is -2.27. The first-order valence-corrected chi connectivity index (χ1v) is 11.5. The van der Waals surface area contributed by atoms with Crippen LogP contribution in [0.2, 0.25) is 0 Å². The van der Waals surface area contributed by atoms with Crippen LogP contribution in [0.4, 0.5) is 0 Å². The third-order valence-electron chi connectivity index (χ3n) is 5.29. The van der Waals surface area contributed by atoms with Gasteiger partial charge in [0.05, 0.1) is 6.21 Å². The van der Waals surface area contributed by atoms with Crippen LogP contribution in [0, 0.1) is 0 Å². The topological polar surface area (TPSA) is 70.9 Å². The third-order valence-corrected chi connectivity index (χ3v) is 5.78. The van der Waals surface area contributed by atoms with E-state index in [1.807, 2.05) is 60.7 Å². The molecule has 0 aromatic heterocycles. The average Bonchev–Trinajstić information content (AvgIpc) is 2.89. The summed E-state index contributed by atoms with van der Waals surface area (Å²) in [6, 6.07) is 33.0. The minimum atomic E-state index is -1.90. The number of amides is 1. The Bertz CT molecular complexity index is 1220. The Morgan fingerprint density at radius 2 is 1.44 bits per heavy atom. The molecule has 4 aromatic carbocycles. The number of carbonyl (C=O) groups is 1.